The third kappa shape index (κ3) is 6.95. The zero-order valence-corrected chi connectivity index (χ0v) is 22.9. The highest BCUT2D eigenvalue weighted by Gasteiger charge is 2.27. The van der Waals surface area contributed by atoms with E-state index in [0.29, 0.717) is 31.4 Å². The monoisotopic (exact) mass is 514 g/mol. The minimum atomic E-state index is -0.0986. The predicted octanol–water partition coefficient (Wildman–Crippen LogP) is 4.20. The van der Waals surface area contributed by atoms with Gasteiger partial charge in [0.1, 0.15) is 0 Å². The number of fused-ring (bicyclic) bond motifs is 1. The van der Waals surface area contributed by atoms with Gasteiger partial charge in [-0.15, -0.1) is 0 Å². The van der Waals surface area contributed by atoms with E-state index in [4.69, 9.17) is 0 Å². The first-order valence-electron chi connectivity index (χ1n) is 13.3. The first-order chi connectivity index (χ1) is 18.3. The summed E-state index contributed by atoms with van der Waals surface area (Å²) >= 11 is 0. The molecule has 1 aliphatic heterocycles. The van der Waals surface area contributed by atoms with Crippen LogP contribution in [0.5, 0.6) is 0 Å². The number of hydrazine groups is 1. The second-order valence-electron chi connectivity index (χ2n) is 10.3. The Balaban J connectivity index is 1.52. The lowest BCUT2D eigenvalue weighted by Gasteiger charge is -2.32. The Hall–Kier alpha value is -3.78. The summed E-state index contributed by atoms with van der Waals surface area (Å²) < 4.78 is 0. The van der Waals surface area contributed by atoms with Gasteiger partial charge in [-0.05, 0) is 54.5 Å². The summed E-state index contributed by atoms with van der Waals surface area (Å²) in [6, 6.07) is 16.0. The van der Waals surface area contributed by atoms with E-state index in [0.717, 1.165) is 29.7 Å². The summed E-state index contributed by atoms with van der Waals surface area (Å²) in [5.41, 5.74) is 5.09. The maximum absolute atomic E-state index is 13.5. The number of aromatic nitrogens is 2. The Morgan fingerprint density at radius 3 is 2.34 bits per heavy atom. The summed E-state index contributed by atoms with van der Waals surface area (Å²) in [5, 5.41) is 6.76. The number of amides is 2. The van der Waals surface area contributed by atoms with E-state index in [1.807, 2.05) is 47.2 Å². The Morgan fingerprint density at radius 1 is 1.00 bits per heavy atom. The number of benzene rings is 2. The van der Waals surface area contributed by atoms with Crippen molar-refractivity contribution in [1.29, 1.82) is 0 Å². The fourth-order valence-electron chi connectivity index (χ4n) is 4.68. The van der Waals surface area contributed by atoms with Gasteiger partial charge in [-0.3, -0.25) is 14.6 Å². The molecule has 0 fully saturated rings. The molecule has 0 aliphatic carbocycles. The third-order valence-electron chi connectivity index (χ3n) is 6.92. The highest BCUT2D eigenvalue weighted by Crippen LogP contribution is 2.27. The van der Waals surface area contributed by atoms with Crippen LogP contribution in [0.15, 0.2) is 60.9 Å². The van der Waals surface area contributed by atoms with Gasteiger partial charge in [0.25, 0.3) is 5.91 Å². The zero-order chi connectivity index (χ0) is 27.1. The summed E-state index contributed by atoms with van der Waals surface area (Å²) in [6.45, 7) is 8.51. The van der Waals surface area contributed by atoms with Crippen LogP contribution in [0.2, 0.25) is 0 Å². The minimum Gasteiger partial charge on any atom is -0.355 e. The van der Waals surface area contributed by atoms with Gasteiger partial charge in [-0.25, -0.2) is 15.0 Å². The van der Waals surface area contributed by atoms with Crippen molar-refractivity contribution < 1.29 is 9.59 Å². The van der Waals surface area contributed by atoms with Crippen molar-refractivity contribution in [3.63, 3.8) is 0 Å². The molecule has 0 bridgehead atoms. The Morgan fingerprint density at radius 2 is 1.68 bits per heavy atom. The fraction of sp³-hybridized carbons (Fsp3) is 0.400. The van der Waals surface area contributed by atoms with Crippen molar-refractivity contribution >= 4 is 17.5 Å². The van der Waals surface area contributed by atoms with E-state index < -0.39 is 0 Å². The van der Waals surface area contributed by atoms with Gasteiger partial charge >= 0.3 is 0 Å². The third-order valence-corrected chi connectivity index (χ3v) is 6.92. The highest BCUT2D eigenvalue weighted by atomic mass is 16.2. The molecule has 3 aromatic rings. The first-order valence-corrected chi connectivity index (χ1v) is 13.3. The molecule has 8 heteroatoms. The van der Waals surface area contributed by atoms with Crippen molar-refractivity contribution in [2.75, 3.05) is 31.6 Å². The van der Waals surface area contributed by atoms with Gasteiger partial charge in [0.15, 0.2) is 5.82 Å². The molecule has 0 saturated heterocycles. The maximum atomic E-state index is 13.5. The highest BCUT2D eigenvalue weighted by molar-refractivity contribution is 5.87. The lowest BCUT2D eigenvalue weighted by atomic mass is 10.1. The van der Waals surface area contributed by atoms with E-state index in [-0.39, 0.29) is 24.9 Å². The van der Waals surface area contributed by atoms with Gasteiger partial charge in [0, 0.05) is 50.3 Å². The Kier molecular flexibility index (Phi) is 9.07. The van der Waals surface area contributed by atoms with E-state index in [9.17, 15) is 9.59 Å². The van der Waals surface area contributed by atoms with Crippen LogP contribution in [0.4, 0.5) is 5.69 Å². The SMILES string of the molecule is Cc1ccc(-c2ncccn2)cc1N(CC(=O)NCCCC(C)C)CC(=O)N(C)N1Cc2ccccc2C1. The Labute approximate surface area is 225 Å². The number of hydrogen-bond donors (Lipinski definition) is 1. The molecule has 0 radical (unpaired) electrons. The van der Waals surface area contributed by atoms with Crippen LogP contribution in [0.3, 0.4) is 0 Å². The zero-order valence-electron chi connectivity index (χ0n) is 22.9. The molecule has 1 aromatic heterocycles. The van der Waals surface area contributed by atoms with Crippen LogP contribution in [0.25, 0.3) is 11.4 Å². The largest absolute Gasteiger partial charge is 0.355 e. The van der Waals surface area contributed by atoms with Crippen LogP contribution in [-0.2, 0) is 22.7 Å². The van der Waals surface area contributed by atoms with E-state index in [1.54, 1.807) is 30.5 Å². The molecule has 0 spiro atoms. The van der Waals surface area contributed by atoms with Crippen LogP contribution in [0.1, 0.15) is 43.4 Å². The number of anilines is 1. The number of aryl methyl sites for hydroxylation is 1. The van der Waals surface area contributed by atoms with Crippen molar-refractivity contribution in [2.45, 2.75) is 46.7 Å². The summed E-state index contributed by atoms with van der Waals surface area (Å²) in [7, 11) is 1.81. The van der Waals surface area contributed by atoms with Gasteiger partial charge < -0.3 is 10.2 Å². The molecule has 38 heavy (non-hydrogen) atoms. The molecule has 0 unspecified atom stereocenters. The molecule has 200 valence electrons. The normalized spacial score (nSPS) is 12.9. The van der Waals surface area contributed by atoms with Crippen molar-refractivity contribution in [3.8, 4) is 11.4 Å². The van der Waals surface area contributed by atoms with Crippen LogP contribution >= 0.6 is 0 Å². The minimum absolute atomic E-state index is 0.0721. The van der Waals surface area contributed by atoms with Crippen molar-refractivity contribution in [1.82, 2.24) is 25.3 Å². The van der Waals surface area contributed by atoms with Gasteiger partial charge in [-0.2, -0.15) is 0 Å². The second-order valence-corrected chi connectivity index (χ2v) is 10.3. The smallest absolute Gasteiger partial charge is 0.256 e. The van der Waals surface area contributed by atoms with Gasteiger partial charge in [0.2, 0.25) is 5.91 Å². The number of likely N-dealkylation sites (N-methyl/N-ethyl adjacent to an activating group) is 1. The summed E-state index contributed by atoms with van der Waals surface area (Å²) in [6.07, 6.45) is 5.40. The van der Waals surface area contributed by atoms with Gasteiger partial charge in [0.05, 0.1) is 13.1 Å². The molecule has 2 aromatic carbocycles. The van der Waals surface area contributed by atoms with Crippen LogP contribution in [-0.4, -0.2) is 58.5 Å². The molecular weight excluding hydrogens is 476 g/mol. The van der Waals surface area contributed by atoms with Crippen molar-refractivity contribution in [2.24, 2.45) is 5.92 Å². The van der Waals surface area contributed by atoms with E-state index in [1.165, 1.54) is 11.1 Å². The molecule has 2 heterocycles. The summed E-state index contributed by atoms with van der Waals surface area (Å²) in [5.74, 6) is 1.02. The van der Waals surface area contributed by atoms with Crippen LogP contribution in [0, 0.1) is 12.8 Å². The lowest BCUT2D eigenvalue weighted by molar-refractivity contribution is -0.145. The van der Waals surface area contributed by atoms with E-state index >= 15 is 0 Å². The second kappa shape index (κ2) is 12.6. The molecule has 1 aliphatic rings. The van der Waals surface area contributed by atoms with Crippen LogP contribution < -0.4 is 10.2 Å². The molecular formula is C30H38N6O2. The molecule has 0 atom stereocenters. The average molecular weight is 515 g/mol. The molecule has 2 amide bonds. The fourth-order valence-corrected chi connectivity index (χ4v) is 4.68. The quantitative estimate of drug-likeness (QED) is 0.386. The topological polar surface area (TPSA) is 81.7 Å². The average Bonchev–Trinajstić information content (AvgIpc) is 3.35. The van der Waals surface area contributed by atoms with Gasteiger partial charge in [-0.1, -0.05) is 50.2 Å². The number of rotatable bonds is 11. The number of hydrogen-bond acceptors (Lipinski definition) is 6. The van der Waals surface area contributed by atoms with E-state index in [2.05, 4.69) is 41.3 Å². The predicted molar refractivity (Wildman–Crippen MR) is 150 cm³/mol. The number of carbonyl (C=O) groups is 2. The number of carbonyl (C=O) groups excluding carboxylic acids is 2. The number of nitrogens with zero attached hydrogens (tertiary/aromatic N) is 5. The summed E-state index contributed by atoms with van der Waals surface area (Å²) in [4.78, 5) is 37.1. The number of nitrogens with one attached hydrogen (secondary N) is 1. The lowest BCUT2D eigenvalue weighted by Crippen LogP contribution is -2.48. The molecule has 8 nitrogen and oxygen atoms in total. The molecule has 4 rings (SSSR count). The molecule has 1 N–H and O–H groups in total. The van der Waals surface area contributed by atoms with Crippen molar-refractivity contribution in [3.05, 3.63) is 77.6 Å². The maximum Gasteiger partial charge on any atom is 0.256 e. The Bertz CT molecular complexity index is 1220. The standard InChI is InChI=1S/C30H38N6O2/c1-22(2)9-7-14-31-28(37)20-35(27-17-24(13-12-23(27)3)30-32-15-8-16-33-30)21-29(38)34(4)36-18-25-10-5-6-11-26(25)19-36/h5-6,8,10-13,15-17,22H,7,9,14,18-21H2,1-4H3,(H,31,37). The molecule has 0 saturated carbocycles. The first kappa shape index (κ1) is 27.3.